The number of carbonyl (C=O) groups is 1. The number of aromatic nitrogens is 1. The van der Waals surface area contributed by atoms with Crippen LogP contribution in [0.3, 0.4) is 0 Å². The van der Waals surface area contributed by atoms with Crippen LogP contribution in [0.15, 0.2) is 53.0 Å². The zero-order chi connectivity index (χ0) is 15.8. The summed E-state index contributed by atoms with van der Waals surface area (Å²) in [6, 6.07) is 15.9. The van der Waals surface area contributed by atoms with Crippen LogP contribution in [0.4, 0.5) is 5.69 Å². The van der Waals surface area contributed by atoms with Crippen molar-refractivity contribution < 1.29 is 4.79 Å². The van der Waals surface area contributed by atoms with Crippen LogP contribution in [0.5, 0.6) is 0 Å². The van der Waals surface area contributed by atoms with E-state index in [0.717, 1.165) is 40.6 Å². The van der Waals surface area contributed by atoms with Gasteiger partial charge in [-0.25, -0.2) is 0 Å². The highest BCUT2D eigenvalue weighted by Gasteiger charge is 2.29. The van der Waals surface area contributed by atoms with Crippen LogP contribution in [-0.4, -0.2) is 10.9 Å². The lowest BCUT2D eigenvalue weighted by molar-refractivity contribution is -0.117. The predicted octanol–water partition coefficient (Wildman–Crippen LogP) is 4.99. The summed E-state index contributed by atoms with van der Waals surface area (Å²) in [6.45, 7) is 0. The molecule has 0 saturated heterocycles. The number of rotatable bonds is 2. The second-order valence-corrected chi connectivity index (χ2v) is 6.92. The number of halogens is 1. The molecule has 0 spiro atoms. The van der Waals surface area contributed by atoms with E-state index in [4.69, 9.17) is 0 Å². The van der Waals surface area contributed by atoms with Crippen molar-refractivity contribution in [3.05, 3.63) is 64.3 Å². The smallest absolute Gasteiger partial charge is 0.233 e. The van der Waals surface area contributed by atoms with E-state index in [0.29, 0.717) is 0 Å². The standard InChI is InChI=1S/C19H17BrN2O/c20-12-9-10-17-16(11-12)14-7-4-8-15(18(14)22-17)19(23)21-13-5-2-1-3-6-13/h1-3,5-6,9-11,15,22H,4,7-8H2,(H,21,23). The van der Waals surface area contributed by atoms with E-state index >= 15 is 0 Å². The molecule has 4 heteroatoms. The fraction of sp³-hybridized carbons (Fsp3) is 0.211. The fourth-order valence-corrected chi connectivity index (χ4v) is 3.81. The fourth-order valence-electron chi connectivity index (χ4n) is 3.45. The van der Waals surface area contributed by atoms with Crippen molar-refractivity contribution >= 4 is 38.4 Å². The maximum atomic E-state index is 12.7. The Morgan fingerprint density at radius 2 is 2.00 bits per heavy atom. The van der Waals surface area contributed by atoms with Crippen LogP contribution in [0.2, 0.25) is 0 Å². The first kappa shape index (κ1) is 14.5. The summed E-state index contributed by atoms with van der Waals surface area (Å²) in [5.74, 6) is -0.0343. The Morgan fingerprint density at radius 1 is 1.17 bits per heavy atom. The molecule has 0 bridgehead atoms. The van der Waals surface area contributed by atoms with Crippen molar-refractivity contribution in [1.82, 2.24) is 4.98 Å². The van der Waals surface area contributed by atoms with Gasteiger partial charge in [0.05, 0.1) is 5.92 Å². The highest BCUT2D eigenvalue weighted by Crippen LogP contribution is 2.37. The SMILES string of the molecule is O=C(Nc1ccccc1)C1CCCc2c1[nH]c1ccc(Br)cc21. The molecule has 3 aromatic rings. The van der Waals surface area contributed by atoms with Gasteiger partial charge in [0.1, 0.15) is 0 Å². The number of hydrogen-bond donors (Lipinski definition) is 2. The molecule has 0 aliphatic heterocycles. The minimum absolute atomic E-state index is 0.0720. The first-order chi connectivity index (χ1) is 11.2. The van der Waals surface area contributed by atoms with E-state index in [1.165, 1.54) is 10.9 Å². The number of aromatic amines is 1. The quantitative estimate of drug-likeness (QED) is 0.657. The molecule has 1 atom stereocenters. The largest absolute Gasteiger partial charge is 0.357 e. The van der Waals surface area contributed by atoms with Gasteiger partial charge in [0.15, 0.2) is 0 Å². The maximum absolute atomic E-state index is 12.7. The Bertz CT molecular complexity index is 870. The lowest BCUT2D eigenvalue weighted by Crippen LogP contribution is -2.24. The van der Waals surface area contributed by atoms with E-state index in [2.05, 4.69) is 38.4 Å². The van der Waals surface area contributed by atoms with E-state index in [1.54, 1.807) is 0 Å². The van der Waals surface area contributed by atoms with Gasteiger partial charge in [0.2, 0.25) is 5.91 Å². The Kier molecular flexibility index (Phi) is 3.69. The van der Waals surface area contributed by atoms with Crippen molar-refractivity contribution in [2.24, 2.45) is 0 Å². The molecule has 1 amide bonds. The second kappa shape index (κ2) is 5.85. The van der Waals surface area contributed by atoms with E-state index in [1.807, 2.05) is 36.4 Å². The highest BCUT2D eigenvalue weighted by molar-refractivity contribution is 9.10. The number of benzene rings is 2. The molecule has 2 N–H and O–H groups in total. The molecule has 0 fully saturated rings. The van der Waals surface area contributed by atoms with Gasteiger partial charge in [0.25, 0.3) is 0 Å². The zero-order valence-corrected chi connectivity index (χ0v) is 14.2. The first-order valence-corrected chi connectivity index (χ1v) is 8.67. The monoisotopic (exact) mass is 368 g/mol. The molecular weight excluding hydrogens is 352 g/mol. The molecule has 1 heterocycles. The third-order valence-electron chi connectivity index (χ3n) is 4.53. The van der Waals surface area contributed by atoms with Gasteiger partial charge in [-0.3, -0.25) is 4.79 Å². The highest BCUT2D eigenvalue weighted by atomic mass is 79.9. The third-order valence-corrected chi connectivity index (χ3v) is 5.02. The molecule has 2 aromatic carbocycles. The van der Waals surface area contributed by atoms with Crippen LogP contribution in [0.25, 0.3) is 10.9 Å². The topological polar surface area (TPSA) is 44.9 Å². The second-order valence-electron chi connectivity index (χ2n) is 6.01. The number of para-hydroxylation sites is 1. The Morgan fingerprint density at radius 3 is 2.83 bits per heavy atom. The average Bonchev–Trinajstić information content (AvgIpc) is 2.93. The van der Waals surface area contributed by atoms with Crippen molar-refractivity contribution in [3.63, 3.8) is 0 Å². The Labute approximate surface area is 143 Å². The van der Waals surface area contributed by atoms with Crippen LogP contribution < -0.4 is 5.32 Å². The number of amides is 1. The molecule has 1 aliphatic rings. The molecule has 1 aromatic heterocycles. The number of anilines is 1. The lowest BCUT2D eigenvalue weighted by Gasteiger charge is -2.22. The summed E-state index contributed by atoms with van der Waals surface area (Å²) in [4.78, 5) is 16.2. The molecule has 23 heavy (non-hydrogen) atoms. The predicted molar refractivity (Wildman–Crippen MR) is 96.7 cm³/mol. The van der Waals surface area contributed by atoms with E-state index in [-0.39, 0.29) is 11.8 Å². The van der Waals surface area contributed by atoms with Gasteiger partial charge >= 0.3 is 0 Å². The summed E-state index contributed by atoms with van der Waals surface area (Å²) in [7, 11) is 0. The summed E-state index contributed by atoms with van der Waals surface area (Å²) in [5, 5.41) is 4.27. The van der Waals surface area contributed by atoms with Crippen molar-refractivity contribution in [1.29, 1.82) is 0 Å². The molecule has 3 nitrogen and oxygen atoms in total. The first-order valence-electron chi connectivity index (χ1n) is 7.88. The van der Waals surface area contributed by atoms with Gasteiger partial charge in [-0.05, 0) is 55.2 Å². The minimum atomic E-state index is -0.106. The minimum Gasteiger partial charge on any atom is -0.357 e. The summed E-state index contributed by atoms with van der Waals surface area (Å²) >= 11 is 3.54. The van der Waals surface area contributed by atoms with Gasteiger partial charge in [-0.2, -0.15) is 0 Å². The van der Waals surface area contributed by atoms with Gasteiger partial charge in [-0.15, -0.1) is 0 Å². The summed E-state index contributed by atoms with van der Waals surface area (Å²) in [6.07, 6.45) is 2.96. The number of nitrogens with one attached hydrogen (secondary N) is 2. The van der Waals surface area contributed by atoms with Gasteiger partial charge in [-0.1, -0.05) is 34.1 Å². The van der Waals surface area contributed by atoms with Crippen molar-refractivity contribution in [3.8, 4) is 0 Å². The molecule has 0 radical (unpaired) electrons. The molecule has 1 aliphatic carbocycles. The Hall–Kier alpha value is -2.07. The van der Waals surface area contributed by atoms with Crippen LogP contribution in [0, 0.1) is 0 Å². The number of H-pyrrole nitrogens is 1. The number of carbonyl (C=O) groups excluding carboxylic acids is 1. The third kappa shape index (κ3) is 2.68. The Balaban J connectivity index is 1.70. The number of fused-ring (bicyclic) bond motifs is 3. The normalized spacial score (nSPS) is 17.0. The van der Waals surface area contributed by atoms with Gasteiger partial charge in [0, 0.05) is 26.8 Å². The van der Waals surface area contributed by atoms with E-state index < -0.39 is 0 Å². The number of hydrogen-bond acceptors (Lipinski definition) is 1. The van der Waals surface area contributed by atoms with E-state index in [9.17, 15) is 4.79 Å². The van der Waals surface area contributed by atoms with Crippen molar-refractivity contribution in [2.45, 2.75) is 25.2 Å². The van der Waals surface area contributed by atoms with Crippen LogP contribution >= 0.6 is 15.9 Å². The summed E-state index contributed by atoms with van der Waals surface area (Å²) in [5.41, 5.74) is 4.33. The molecule has 116 valence electrons. The van der Waals surface area contributed by atoms with Crippen LogP contribution in [0.1, 0.15) is 30.0 Å². The van der Waals surface area contributed by atoms with Crippen molar-refractivity contribution in [2.75, 3.05) is 5.32 Å². The number of aryl methyl sites for hydroxylation is 1. The maximum Gasteiger partial charge on any atom is 0.233 e. The van der Waals surface area contributed by atoms with Gasteiger partial charge < -0.3 is 10.3 Å². The molecule has 1 unspecified atom stereocenters. The lowest BCUT2D eigenvalue weighted by atomic mass is 9.86. The zero-order valence-electron chi connectivity index (χ0n) is 12.6. The van der Waals surface area contributed by atoms with Crippen LogP contribution in [-0.2, 0) is 11.2 Å². The summed E-state index contributed by atoms with van der Waals surface area (Å²) < 4.78 is 1.07. The molecule has 0 saturated carbocycles. The average molecular weight is 369 g/mol. The molecular formula is C19H17BrN2O. The molecule has 4 rings (SSSR count).